The van der Waals surface area contributed by atoms with E-state index in [-0.39, 0.29) is 18.0 Å². The van der Waals surface area contributed by atoms with Crippen LogP contribution in [-0.4, -0.2) is 34.0 Å². The lowest BCUT2D eigenvalue weighted by Crippen LogP contribution is -2.35. The van der Waals surface area contributed by atoms with Gasteiger partial charge in [0.15, 0.2) is 0 Å². The van der Waals surface area contributed by atoms with Gasteiger partial charge in [-0.25, -0.2) is 4.98 Å². The third-order valence-electron chi connectivity index (χ3n) is 2.40. The van der Waals surface area contributed by atoms with E-state index in [1.165, 1.54) is 10.8 Å². The minimum atomic E-state index is -0.231. The van der Waals surface area contributed by atoms with Gasteiger partial charge in [0, 0.05) is 19.8 Å². The van der Waals surface area contributed by atoms with Crippen molar-refractivity contribution in [1.82, 2.24) is 14.5 Å². The molecule has 0 N–H and O–H groups in total. The van der Waals surface area contributed by atoms with E-state index in [0.717, 1.165) is 0 Å². The Balaban J connectivity index is 3.02. The molecule has 0 spiro atoms. The van der Waals surface area contributed by atoms with Crippen molar-refractivity contribution < 1.29 is 4.79 Å². The summed E-state index contributed by atoms with van der Waals surface area (Å²) in [7, 11) is 1.70. The van der Waals surface area contributed by atoms with E-state index in [2.05, 4.69) is 20.9 Å². The molecule has 6 heteroatoms. The Kier molecular flexibility index (Phi) is 4.23. The molecule has 88 valence electrons. The van der Waals surface area contributed by atoms with Gasteiger partial charge >= 0.3 is 0 Å². The maximum Gasteiger partial charge on any atom is 0.268 e. The van der Waals surface area contributed by atoms with Gasteiger partial charge in [-0.05, 0) is 29.8 Å². The summed E-state index contributed by atoms with van der Waals surface area (Å²) in [5.41, 5.74) is -0.231. The molecule has 0 aliphatic carbocycles. The summed E-state index contributed by atoms with van der Waals surface area (Å²) in [6, 6.07) is 0. The number of carbonyl (C=O) groups is 1. The smallest absolute Gasteiger partial charge is 0.268 e. The van der Waals surface area contributed by atoms with Crippen molar-refractivity contribution >= 4 is 21.8 Å². The lowest BCUT2D eigenvalue weighted by Gasteiger charge is -2.16. The Labute approximate surface area is 102 Å². The first kappa shape index (κ1) is 12.9. The minimum absolute atomic E-state index is 0.0292. The van der Waals surface area contributed by atoms with E-state index in [0.29, 0.717) is 16.8 Å². The van der Waals surface area contributed by atoms with E-state index < -0.39 is 0 Å². The number of rotatable bonds is 3. The molecule has 0 aromatic carbocycles. The minimum Gasteiger partial charge on any atom is -0.344 e. The first-order valence-electron chi connectivity index (χ1n) is 4.93. The van der Waals surface area contributed by atoms with Crippen molar-refractivity contribution in [2.75, 3.05) is 13.6 Å². The van der Waals surface area contributed by atoms with Gasteiger partial charge in [0.05, 0.1) is 0 Å². The third-order valence-corrected chi connectivity index (χ3v) is 2.94. The molecule has 0 fully saturated rings. The van der Waals surface area contributed by atoms with Crippen LogP contribution in [0.3, 0.4) is 0 Å². The number of halogens is 1. The quantitative estimate of drug-likeness (QED) is 0.826. The van der Waals surface area contributed by atoms with E-state index in [1.807, 2.05) is 6.92 Å². The second-order valence-corrected chi connectivity index (χ2v) is 4.31. The second-order valence-electron chi connectivity index (χ2n) is 3.45. The highest BCUT2D eigenvalue weighted by Gasteiger charge is 2.12. The second kappa shape index (κ2) is 5.25. The fraction of sp³-hybridized carbons (Fsp3) is 0.500. The Morgan fingerprint density at radius 2 is 2.25 bits per heavy atom. The van der Waals surface area contributed by atoms with Crippen molar-refractivity contribution in [3.63, 3.8) is 0 Å². The molecule has 0 aliphatic heterocycles. The topological polar surface area (TPSA) is 55.2 Å². The first-order chi connectivity index (χ1) is 7.47. The molecule has 5 nitrogen and oxygen atoms in total. The van der Waals surface area contributed by atoms with Crippen molar-refractivity contribution in [1.29, 1.82) is 0 Å². The lowest BCUT2D eigenvalue weighted by molar-refractivity contribution is -0.130. The number of aryl methyl sites for hydroxylation is 1. The Hall–Kier alpha value is -1.17. The molecule has 1 rings (SSSR count). The molecule has 0 aliphatic rings. The van der Waals surface area contributed by atoms with Gasteiger partial charge in [0.2, 0.25) is 5.91 Å². The molecule has 0 unspecified atom stereocenters. The Morgan fingerprint density at radius 3 is 2.81 bits per heavy atom. The van der Waals surface area contributed by atoms with Gasteiger partial charge in [-0.15, -0.1) is 0 Å². The molecule has 0 radical (unpaired) electrons. The average Bonchev–Trinajstić information content (AvgIpc) is 2.28. The Morgan fingerprint density at radius 1 is 1.62 bits per heavy atom. The van der Waals surface area contributed by atoms with E-state index in [4.69, 9.17) is 0 Å². The predicted octanol–water partition coefficient (Wildman–Crippen LogP) is 0.793. The molecule has 16 heavy (non-hydrogen) atoms. The number of amides is 1. The van der Waals surface area contributed by atoms with Gasteiger partial charge < -0.3 is 4.90 Å². The molecule has 1 aromatic heterocycles. The summed E-state index contributed by atoms with van der Waals surface area (Å²) in [5.74, 6) is 0.429. The normalized spacial score (nSPS) is 10.2. The molecule has 0 bridgehead atoms. The fourth-order valence-electron chi connectivity index (χ4n) is 1.17. The van der Waals surface area contributed by atoms with E-state index >= 15 is 0 Å². The van der Waals surface area contributed by atoms with Crippen LogP contribution in [0.2, 0.25) is 0 Å². The van der Waals surface area contributed by atoms with Crippen LogP contribution in [0.25, 0.3) is 0 Å². The highest BCUT2D eigenvalue weighted by molar-refractivity contribution is 9.10. The zero-order chi connectivity index (χ0) is 12.3. The molecular formula is C10H14BrN3O2. The van der Waals surface area contributed by atoms with Gasteiger partial charge in [-0.1, -0.05) is 0 Å². The fourth-order valence-corrected chi connectivity index (χ4v) is 1.49. The van der Waals surface area contributed by atoms with Crippen LogP contribution in [0.1, 0.15) is 12.7 Å². The zero-order valence-corrected chi connectivity index (χ0v) is 11.1. The SMILES string of the molecule is CCN(C)C(=O)Cn1c(C)ncc(Br)c1=O. The summed E-state index contributed by atoms with van der Waals surface area (Å²) < 4.78 is 1.73. The van der Waals surface area contributed by atoms with Gasteiger partial charge in [0.25, 0.3) is 5.56 Å². The van der Waals surface area contributed by atoms with E-state index in [1.54, 1.807) is 18.9 Å². The number of aromatic nitrogens is 2. The van der Waals surface area contributed by atoms with Crippen molar-refractivity contribution in [2.24, 2.45) is 0 Å². The molecule has 1 heterocycles. The molecule has 0 saturated heterocycles. The number of likely N-dealkylation sites (N-methyl/N-ethyl adjacent to an activating group) is 1. The molecule has 1 aromatic rings. The summed E-state index contributed by atoms with van der Waals surface area (Å²) in [4.78, 5) is 29.0. The number of hydrogen-bond donors (Lipinski definition) is 0. The highest BCUT2D eigenvalue weighted by Crippen LogP contribution is 2.01. The van der Waals surface area contributed by atoms with Gasteiger partial charge in [-0.3, -0.25) is 14.2 Å². The molecule has 1 amide bonds. The van der Waals surface area contributed by atoms with E-state index in [9.17, 15) is 9.59 Å². The van der Waals surface area contributed by atoms with Crippen molar-refractivity contribution in [3.05, 3.63) is 26.8 Å². The van der Waals surface area contributed by atoms with Crippen molar-refractivity contribution in [2.45, 2.75) is 20.4 Å². The highest BCUT2D eigenvalue weighted by atomic mass is 79.9. The average molecular weight is 288 g/mol. The molecular weight excluding hydrogens is 274 g/mol. The van der Waals surface area contributed by atoms with Gasteiger partial charge in [0.1, 0.15) is 16.8 Å². The lowest BCUT2D eigenvalue weighted by atomic mass is 10.4. The summed E-state index contributed by atoms with van der Waals surface area (Å²) in [6.45, 7) is 4.23. The van der Waals surface area contributed by atoms with Crippen LogP contribution in [-0.2, 0) is 11.3 Å². The predicted molar refractivity (Wildman–Crippen MR) is 64.2 cm³/mol. The third kappa shape index (κ3) is 2.69. The summed E-state index contributed by atoms with van der Waals surface area (Å²) >= 11 is 3.10. The van der Waals surface area contributed by atoms with Crippen LogP contribution in [0.15, 0.2) is 15.5 Å². The summed E-state index contributed by atoms with van der Waals surface area (Å²) in [5, 5.41) is 0. The number of hydrogen-bond acceptors (Lipinski definition) is 3. The van der Waals surface area contributed by atoms with Crippen LogP contribution in [0.5, 0.6) is 0 Å². The molecule has 0 saturated carbocycles. The monoisotopic (exact) mass is 287 g/mol. The van der Waals surface area contributed by atoms with Crippen LogP contribution in [0, 0.1) is 6.92 Å². The number of carbonyl (C=O) groups excluding carboxylic acids is 1. The van der Waals surface area contributed by atoms with Crippen LogP contribution in [0.4, 0.5) is 0 Å². The largest absolute Gasteiger partial charge is 0.344 e. The van der Waals surface area contributed by atoms with Crippen molar-refractivity contribution in [3.8, 4) is 0 Å². The van der Waals surface area contributed by atoms with Gasteiger partial charge in [-0.2, -0.15) is 0 Å². The first-order valence-corrected chi connectivity index (χ1v) is 5.72. The maximum atomic E-state index is 11.7. The maximum absolute atomic E-state index is 11.7. The van der Waals surface area contributed by atoms with Crippen LogP contribution < -0.4 is 5.56 Å². The number of nitrogens with zero attached hydrogens (tertiary/aromatic N) is 3. The zero-order valence-electron chi connectivity index (χ0n) is 9.53. The molecule has 0 atom stereocenters. The Bertz CT molecular complexity index is 456. The van der Waals surface area contributed by atoms with Crippen LogP contribution >= 0.6 is 15.9 Å². The standard InChI is InChI=1S/C10H14BrN3O2/c1-4-13(3)9(15)6-14-7(2)12-5-8(11)10(14)16/h5H,4,6H2,1-3H3. The summed E-state index contributed by atoms with van der Waals surface area (Å²) in [6.07, 6.45) is 1.45.